The van der Waals surface area contributed by atoms with E-state index >= 15 is 0 Å². The van der Waals surface area contributed by atoms with Crippen LogP contribution in [0.15, 0.2) is 59.4 Å². The van der Waals surface area contributed by atoms with E-state index in [1.165, 1.54) is 13.3 Å². The van der Waals surface area contributed by atoms with Gasteiger partial charge in [-0.2, -0.15) is 0 Å². The van der Waals surface area contributed by atoms with Gasteiger partial charge in [0.05, 0.1) is 31.7 Å². The van der Waals surface area contributed by atoms with Crippen molar-refractivity contribution in [2.75, 3.05) is 33.3 Å². The number of rotatable bonds is 13. The number of methoxy groups -OCH3 is 1. The number of hydrogen-bond acceptors (Lipinski definition) is 8. The van der Waals surface area contributed by atoms with Gasteiger partial charge in [0.25, 0.3) is 0 Å². The van der Waals surface area contributed by atoms with E-state index in [9.17, 15) is 19.2 Å². The Hall–Kier alpha value is -4.15. The second-order valence-corrected chi connectivity index (χ2v) is 13.3. The van der Waals surface area contributed by atoms with Crippen molar-refractivity contribution in [3.05, 3.63) is 60.0 Å². The minimum absolute atomic E-state index is 0.0383. The SMILES string of the molecule is C=C(C=N/C=C(\C)OCc1ccccc1)[C@H](CC(=O)OC)NC(=O)[C@@H]1CCCN(C(=O)CCC2CCN(C(=O)OC(C)(C)C)CC2)C1. The molecule has 0 saturated carbocycles. The summed E-state index contributed by atoms with van der Waals surface area (Å²) >= 11 is 0. The third-order valence-electron chi connectivity index (χ3n) is 8.35. The second kappa shape index (κ2) is 18.3. The van der Waals surface area contributed by atoms with E-state index in [-0.39, 0.29) is 24.3 Å². The quantitative estimate of drug-likeness (QED) is 0.172. The molecule has 0 unspecified atom stereocenters. The molecule has 0 aliphatic carbocycles. The summed E-state index contributed by atoms with van der Waals surface area (Å²) in [5.74, 6) is -0.120. The standard InChI is InChI=1S/C36H52N4O7/c1-26(22-37-23-27(2)46-25-29-11-8-7-9-12-29)31(21-33(42)45-6)38-34(43)30-13-10-18-40(24-30)32(41)15-14-28-16-19-39(20-17-28)35(44)47-36(3,4)5/h7-9,11-12,22-23,28,30-31H,1,10,13-21,24-25H2,2-6H3,(H,38,43)/b27-23+,37-22?/t30-,31+/m1/s1. The number of carbonyl (C=O) groups is 4. The zero-order valence-electron chi connectivity index (χ0n) is 28.7. The van der Waals surface area contributed by atoms with Crippen molar-refractivity contribution < 1.29 is 33.4 Å². The van der Waals surface area contributed by atoms with Crippen LogP contribution in [0.5, 0.6) is 0 Å². The molecular weight excluding hydrogens is 600 g/mol. The van der Waals surface area contributed by atoms with Gasteiger partial charge < -0.3 is 29.3 Å². The molecule has 258 valence electrons. The lowest BCUT2D eigenvalue weighted by Crippen LogP contribution is -2.48. The van der Waals surface area contributed by atoms with Gasteiger partial charge in [-0.05, 0) is 76.9 Å². The van der Waals surface area contributed by atoms with E-state index in [0.717, 1.165) is 31.2 Å². The molecule has 0 spiro atoms. The summed E-state index contributed by atoms with van der Waals surface area (Å²) in [5.41, 5.74) is 0.955. The molecule has 3 amide bonds. The molecule has 0 aromatic heterocycles. The van der Waals surface area contributed by atoms with Crippen LogP contribution in [0.4, 0.5) is 4.79 Å². The van der Waals surface area contributed by atoms with E-state index < -0.39 is 23.5 Å². The number of aliphatic imine (C=N–C) groups is 1. The fourth-order valence-corrected chi connectivity index (χ4v) is 5.59. The number of amides is 3. The number of nitrogens with zero attached hydrogens (tertiary/aromatic N) is 3. The molecule has 2 atom stereocenters. The Balaban J connectivity index is 1.48. The molecule has 11 nitrogen and oxygen atoms in total. The molecule has 1 aromatic rings. The summed E-state index contributed by atoms with van der Waals surface area (Å²) in [6, 6.07) is 9.07. The van der Waals surface area contributed by atoms with Gasteiger partial charge in [0.15, 0.2) is 0 Å². The maximum atomic E-state index is 13.4. The van der Waals surface area contributed by atoms with Crippen molar-refractivity contribution in [3.63, 3.8) is 0 Å². The Labute approximate surface area is 279 Å². The Kier molecular flexibility index (Phi) is 14.5. The summed E-state index contributed by atoms with van der Waals surface area (Å²) in [6.07, 6.45) is 6.86. The Bertz CT molecular complexity index is 1280. The highest BCUT2D eigenvalue weighted by molar-refractivity contribution is 5.87. The maximum Gasteiger partial charge on any atom is 0.410 e. The average Bonchev–Trinajstić information content (AvgIpc) is 3.05. The summed E-state index contributed by atoms with van der Waals surface area (Å²) in [6.45, 7) is 14.0. The molecule has 2 saturated heterocycles. The van der Waals surface area contributed by atoms with Crippen molar-refractivity contribution in [2.45, 2.75) is 90.9 Å². The van der Waals surface area contributed by atoms with E-state index in [2.05, 4.69) is 16.9 Å². The van der Waals surface area contributed by atoms with Gasteiger partial charge in [-0.15, -0.1) is 0 Å². The number of hydrogen-bond donors (Lipinski definition) is 1. The molecule has 2 aliphatic heterocycles. The second-order valence-electron chi connectivity index (χ2n) is 13.3. The fraction of sp³-hybridized carbons (Fsp3) is 0.583. The van der Waals surface area contributed by atoms with Crippen LogP contribution in [0.25, 0.3) is 0 Å². The molecule has 2 heterocycles. The number of carbonyl (C=O) groups excluding carboxylic acids is 4. The van der Waals surface area contributed by atoms with E-state index in [0.29, 0.717) is 62.9 Å². The predicted molar refractivity (Wildman–Crippen MR) is 180 cm³/mol. The van der Waals surface area contributed by atoms with Crippen LogP contribution < -0.4 is 5.32 Å². The third kappa shape index (κ3) is 13.2. The van der Waals surface area contributed by atoms with Gasteiger partial charge in [-0.1, -0.05) is 36.9 Å². The highest BCUT2D eigenvalue weighted by Crippen LogP contribution is 2.25. The lowest BCUT2D eigenvalue weighted by Gasteiger charge is -2.35. The Morgan fingerprint density at radius 3 is 2.43 bits per heavy atom. The van der Waals surface area contributed by atoms with E-state index in [1.807, 2.05) is 51.1 Å². The van der Waals surface area contributed by atoms with Gasteiger partial charge in [-0.3, -0.25) is 19.4 Å². The number of likely N-dealkylation sites (tertiary alicyclic amines) is 2. The van der Waals surface area contributed by atoms with Gasteiger partial charge in [0, 0.05) is 38.8 Å². The zero-order chi connectivity index (χ0) is 34.4. The van der Waals surface area contributed by atoms with Crippen molar-refractivity contribution in [1.82, 2.24) is 15.1 Å². The lowest BCUT2D eigenvalue weighted by molar-refractivity contribution is -0.141. The van der Waals surface area contributed by atoms with Gasteiger partial charge in [0.1, 0.15) is 18.0 Å². The number of ether oxygens (including phenoxy) is 3. The molecule has 1 aromatic carbocycles. The van der Waals surface area contributed by atoms with Crippen LogP contribution in [0.2, 0.25) is 0 Å². The molecule has 1 N–H and O–H groups in total. The maximum absolute atomic E-state index is 13.4. The zero-order valence-corrected chi connectivity index (χ0v) is 28.7. The monoisotopic (exact) mass is 652 g/mol. The first-order valence-electron chi connectivity index (χ1n) is 16.5. The highest BCUT2D eigenvalue weighted by atomic mass is 16.6. The number of allylic oxidation sites excluding steroid dienone is 1. The summed E-state index contributed by atoms with van der Waals surface area (Å²) in [5, 5.41) is 2.94. The highest BCUT2D eigenvalue weighted by Gasteiger charge is 2.32. The smallest absolute Gasteiger partial charge is 0.410 e. The Morgan fingerprint density at radius 1 is 1.06 bits per heavy atom. The van der Waals surface area contributed by atoms with Crippen molar-refractivity contribution >= 4 is 30.1 Å². The largest absolute Gasteiger partial charge is 0.492 e. The molecule has 0 radical (unpaired) electrons. The lowest BCUT2D eigenvalue weighted by atomic mass is 9.91. The topological polar surface area (TPSA) is 127 Å². The Morgan fingerprint density at radius 2 is 1.77 bits per heavy atom. The molecular formula is C36H52N4O7. The fourth-order valence-electron chi connectivity index (χ4n) is 5.59. The summed E-state index contributed by atoms with van der Waals surface area (Å²) in [4.78, 5) is 58.8. The van der Waals surface area contributed by atoms with Crippen molar-refractivity contribution in [2.24, 2.45) is 16.8 Å². The van der Waals surface area contributed by atoms with Crippen LogP contribution in [0.3, 0.4) is 0 Å². The first-order valence-corrected chi connectivity index (χ1v) is 16.5. The number of piperidine rings is 2. The van der Waals surface area contributed by atoms with E-state index in [4.69, 9.17) is 14.2 Å². The minimum Gasteiger partial charge on any atom is -0.492 e. The van der Waals surface area contributed by atoms with Crippen LogP contribution in [-0.4, -0.2) is 84.8 Å². The molecule has 0 bridgehead atoms. The average molecular weight is 653 g/mol. The van der Waals surface area contributed by atoms with Crippen LogP contribution in [0, 0.1) is 11.8 Å². The molecule has 3 rings (SSSR count). The number of esters is 1. The normalized spacial score (nSPS) is 18.4. The van der Waals surface area contributed by atoms with Crippen molar-refractivity contribution in [3.8, 4) is 0 Å². The summed E-state index contributed by atoms with van der Waals surface area (Å²) in [7, 11) is 1.29. The van der Waals surface area contributed by atoms with Crippen LogP contribution in [-0.2, 0) is 35.2 Å². The molecule has 2 aliphatic rings. The molecule has 2 fully saturated rings. The molecule has 47 heavy (non-hydrogen) atoms. The van der Waals surface area contributed by atoms with Gasteiger partial charge in [-0.25, -0.2) is 4.79 Å². The first kappa shape index (κ1) is 37.3. The van der Waals surface area contributed by atoms with Gasteiger partial charge >= 0.3 is 12.1 Å². The van der Waals surface area contributed by atoms with E-state index in [1.54, 1.807) is 22.9 Å². The first-order chi connectivity index (χ1) is 22.3. The van der Waals surface area contributed by atoms with Crippen LogP contribution in [0.1, 0.15) is 78.2 Å². The predicted octanol–water partition coefficient (Wildman–Crippen LogP) is 5.41. The van der Waals surface area contributed by atoms with Crippen LogP contribution >= 0.6 is 0 Å². The molecule has 11 heteroatoms. The summed E-state index contributed by atoms with van der Waals surface area (Å²) < 4.78 is 16.1. The number of nitrogens with one attached hydrogen (secondary N) is 1. The number of benzene rings is 1. The van der Waals surface area contributed by atoms with Gasteiger partial charge in [0.2, 0.25) is 11.8 Å². The minimum atomic E-state index is -0.713. The third-order valence-corrected chi connectivity index (χ3v) is 8.35. The van der Waals surface area contributed by atoms with Crippen molar-refractivity contribution in [1.29, 1.82) is 0 Å².